The average molecular weight is 325 g/mol. The van der Waals surface area contributed by atoms with E-state index >= 15 is 0 Å². The minimum atomic E-state index is -1.03. The molecule has 1 amide bonds. The van der Waals surface area contributed by atoms with Crippen LogP contribution in [0.25, 0.3) is 11.1 Å². The second-order valence-corrected chi connectivity index (χ2v) is 6.02. The van der Waals surface area contributed by atoms with Gasteiger partial charge in [0.25, 0.3) is 0 Å². The number of piperidine rings is 1. The van der Waals surface area contributed by atoms with Crippen LogP contribution in [0.4, 0.5) is 0 Å². The zero-order valence-corrected chi connectivity index (χ0v) is 13.6. The third-order valence-corrected chi connectivity index (χ3v) is 4.45. The molecule has 6 nitrogen and oxygen atoms in total. The van der Waals surface area contributed by atoms with E-state index in [2.05, 4.69) is 4.98 Å². The molecule has 2 aromatic rings. The molecule has 1 fully saturated rings. The molecule has 0 radical (unpaired) electrons. The molecule has 0 N–H and O–H groups in total. The van der Waals surface area contributed by atoms with Crippen LogP contribution in [0.15, 0.2) is 28.7 Å². The van der Waals surface area contributed by atoms with E-state index < -0.39 is 5.92 Å². The number of likely N-dealkylation sites (tertiary alicyclic amines) is 1. The van der Waals surface area contributed by atoms with Crippen LogP contribution in [0.5, 0.6) is 0 Å². The van der Waals surface area contributed by atoms with E-state index in [-0.39, 0.29) is 23.5 Å². The molecule has 1 saturated heterocycles. The van der Waals surface area contributed by atoms with Crippen LogP contribution in [0, 0.1) is 17.2 Å². The van der Waals surface area contributed by atoms with Gasteiger partial charge in [0.15, 0.2) is 17.3 Å². The molecule has 0 aliphatic carbocycles. The molecule has 24 heavy (non-hydrogen) atoms. The van der Waals surface area contributed by atoms with Gasteiger partial charge in [-0.2, -0.15) is 5.26 Å². The average Bonchev–Trinajstić information content (AvgIpc) is 3.05. The molecule has 6 heteroatoms. The number of hydrogen-bond acceptors (Lipinski definition) is 5. The summed E-state index contributed by atoms with van der Waals surface area (Å²) in [6.07, 6.45) is 1.88. The normalized spacial score (nSPS) is 19.0. The molecular weight excluding hydrogens is 306 g/mol. The summed E-state index contributed by atoms with van der Waals surface area (Å²) in [7, 11) is 0. The fourth-order valence-corrected chi connectivity index (χ4v) is 3.15. The number of rotatable bonds is 4. The lowest BCUT2D eigenvalue weighted by Gasteiger charge is -2.32. The number of hydrogen-bond donors (Lipinski definition) is 0. The minimum absolute atomic E-state index is 0.0443. The first-order valence-electron chi connectivity index (χ1n) is 8.20. The third kappa shape index (κ3) is 3.02. The van der Waals surface area contributed by atoms with Gasteiger partial charge in [0, 0.05) is 25.4 Å². The number of carbonyl (C=O) groups excluding carboxylic acids is 2. The predicted molar refractivity (Wildman–Crippen MR) is 87.0 cm³/mol. The maximum absolute atomic E-state index is 12.8. The van der Waals surface area contributed by atoms with Crippen LogP contribution in [-0.4, -0.2) is 34.7 Å². The summed E-state index contributed by atoms with van der Waals surface area (Å²) < 4.78 is 5.59. The van der Waals surface area contributed by atoms with Crippen LogP contribution < -0.4 is 0 Å². The topological polar surface area (TPSA) is 87.2 Å². The number of para-hydroxylation sites is 2. The Morgan fingerprint density at radius 2 is 2.25 bits per heavy atom. The molecule has 0 unspecified atom stereocenters. The maximum atomic E-state index is 12.8. The molecule has 2 atom stereocenters. The highest BCUT2D eigenvalue weighted by atomic mass is 16.3. The van der Waals surface area contributed by atoms with Gasteiger partial charge in [-0.05, 0) is 25.0 Å². The Kier molecular flexibility index (Phi) is 4.61. The molecule has 1 aromatic carbocycles. The van der Waals surface area contributed by atoms with Crippen molar-refractivity contribution in [2.75, 3.05) is 13.1 Å². The van der Waals surface area contributed by atoms with Crippen LogP contribution in [0.2, 0.25) is 0 Å². The van der Waals surface area contributed by atoms with Crippen molar-refractivity contribution in [3.05, 3.63) is 30.2 Å². The van der Waals surface area contributed by atoms with E-state index in [0.717, 1.165) is 6.42 Å². The second kappa shape index (κ2) is 6.83. The monoisotopic (exact) mass is 325 g/mol. The van der Waals surface area contributed by atoms with E-state index in [9.17, 15) is 14.9 Å². The number of amides is 1. The van der Waals surface area contributed by atoms with Crippen molar-refractivity contribution < 1.29 is 14.0 Å². The Balaban J connectivity index is 1.81. The molecule has 1 aliphatic rings. The Labute approximate surface area is 140 Å². The molecule has 0 bridgehead atoms. The summed E-state index contributed by atoms with van der Waals surface area (Å²) in [6, 6.07) is 9.21. The summed E-state index contributed by atoms with van der Waals surface area (Å²) in [4.78, 5) is 30.7. The van der Waals surface area contributed by atoms with E-state index in [0.29, 0.717) is 37.0 Å². The van der Waals surface area contributed by atoms with Crippen LogP contribution >= 0.6 is 0 Å². The van der Waals surface area contributed by atoms with Crippen molar-refractivity contribution in [2.24, 2.45) is 5.92 Å². The molecule has 1 aliphatic heterocycles. The maximum Gasteiger partial charge on any atom is 0.222 e. The number of nitriles is 1. The number of carbonyl (C=O) groups is 2. The summed E-state index contributed by atoms with van der Waals surface area (Å²) in [6.45, 7) is 2.87. The predicted octanol–water partition coefficient (Wildman–Crippen LogP) is 2.65. The fourth-order valence-electron chi connectivity index (χ4n) is 3.15. The number of benzene rings is 1. The van der Waals surface area contributed by atoms with Gasteiger partial charge in [-0.3, -0.25) is 9.59 Å². The molecule has 3 rings (SSSR count). The molecular formula is C18H19N3O3. The third-order valence-electron chi connectivity index (χ3n) is 4.45. The first-order valence-corrected chi connectivity index (χ1v) is 8.20. The number of nitrogens with zero attached hydrogens (tertiary/aromatic N) is 3. The van der Waals surface area contributed by atoms with Gasteiger partial charge >= 0.3 is 0 Å². The Bertz CT molecular complexity index is 772. The van der Waals surface area contributed by atoms with Crippen molar-refractivity contribution in [2.45, 2.75) is 32.1 Å². The molecule has 0 spiro atoms. The van der Waals surface area contributed by atoms with Gasteiger partial charge in [0.05, 0.1) is 6.07 Å². The lowest BCUT2D eigenvalue weighted by atomic mass is 9.87. The summed E-state index contributed by atoms with van der Waals surface area (Å²) in [5, 5.41) is 9.48. The van der Waals surface area contributed by atoms with Crippen LogP contribution in [0.3, 0.4) is 0 Å². The summed E-state index contributed by atoms with van der Waals surface area (Å²) >= 11 is 0. The van der Waals surface area contributed by atoms with E-state index in [1.807, 2.05) is 25.1 Å². The van der Waals surface area contributed by atoms with E-state index in [4.69, 9.17) is 4.42 Å². The highest BCUT2D eigenvalue weighted by Gasteiger charge is 2.35. The van der Waals surface area contributed by atoms with Gasteiger partial charge in [-0.15, -0.1) is 0 Å². The molecule has 0 saturated carbocycles. The number of fused-ring (bicyclic) bond motifs is 1. The second-order valence-electron chi connectivity index (χ2n) is 6.02. The number of oxazole rings is 1. The Morgan fingerprint density at radius 3 is 2.96 bits per heavy atom. The van der Waals surface area contributed by atoms with Crippen molar-refractivity contribution in [1.82, 2.24) is 9.88 Å². The van der Waals surface area contributed by atoms with Crippen molar-refractivity contribution in [3.8, 4) is 6.07 Å². The van der Waals surface area contributed by atoms with Gasteiger partial charge in [-0.1, -0.05) is 19.1 Å². The molecule has 1 aromatic heterocycles. The largest absolute Gasteiger partial charge is 0.439 e. The standard InChI is InChI=1S/C18H19N3O3/c1-2-16(22)21-9-5-6-12(11-21)17(23)13(10-19)18-20-14-7-3-4-8-15(14)24-18/h3-4,7-8,12-13H,2,5-6,9,11H2,1H3/t12-,13-/m1/s1. The highest BCUT2D eigenvalue weighted by Crippen LogP contribution is 2.28. The highest BCUT2D eigenvalue weighted by molar-refractivity contribution is 5.91. The Morgan fingerprint density at radius 1 is 1.46 bits per heavy atom. The number of ketones is 1. The molecule has 124 valence electrons. The van der Waals surface area contributed by atoms with E-state index in [1.165, 1.54) is 0 Å². The zero-order valence-electron chi connectivity index (χ0n) is 13.6. The van der Waals surface area contributed by atoms with Crippen molar-refractivity contribution in [3.63, 3.8) is 0 Å². The van der Waals surface area contributed by atoms with Crippen molar-refractivity contribution in [1.29, 1.82) is 5.26 Å². The van der Waals surface area contributed by atoms with Crippen molar-refractivity contribution >= 4 is 22.8 Å². The smallest absolute Gasteiger partial charge is 0.222 e. The molecule has 2 heterocycles. The quantitative estimate of drug-likeness (QED) is 0.862. The SMILES string of the molecule is CCC(=O)N1CCC[C@@H](C(=O)[C@@H](C#N)c2nc3ccccc3o2)C1. The van der Waals surface area contributed by atoms with Gasteiger partial charge in [0.2, 0.25) is 11.8 Å². The zero-order chi connectivity index (χ0) is 17.1. The first kappa shape index (κ1) is 16.2. The fraction of sp³-hybridized carbons (Fsp3) is 0.444. The lowest BCUT2D eigenvalue weighted by Crippen LogP contribution is -2.43. The van der Waals surface area contributed by atoms with Gasteiger partial charge in [-0.25, -0.2) is 4.98 Å². The van der Waals surface area contributed by atoms with Gasteiger partial charge in [0.1, 0.15) is 5.52 Å². The van der Waals surface area contributed by atoms with E-state index in [1.54, 1.807) is 17.0 Å². The summed E-state index contributed by atoms with van der Waals surface area (Å²) in [5.41, 5.74) is 1.19. The van der Waals surface area contributed by atoms with Crippen LogP contribution in [0.1, 0.15) is 38.0 Å². The summed E-state index contributed by atoms with van der Waals surface area (Å²) in [5.74, 6) is -1.39. The number of Topliss-reactive ketones (excluding diaryl/α,β-unsaturated/α-hetero) is 1. The van der Waals surface area contributed by atoms with Gasteiger partial charge < -0.3 is 9.32 Å². The number of aromatic nitrogens is 1. The first-order chi connectivity index (χ1) is 11.6. The lowest BCUT2D eigenvalue weighted by molar-refractivity contribution is -0.135. The Hall–Kier alpha value is -2.68. The van der Waals surface area contributed by atoms with Crippen LogP contribution in [-0.2, 0) is 9.59 Å². The minimum Gasteiger partial charge on any atom is -0.439 e.